The Morgan fingerprint density at radius 2 is 2.00 bits per heavy atom. The molecule has 0 radical (unpaired) electrons. The lowest BCUT2D eigenvalue weighted by Gasteiger charge is -2.04. The van der Waals surface area contributed by atoms with Gasteiger partial charge in [0.15, 0.2) is 6.61 Å². The van der Waals surface area contributed by atoms with E-state index in [0.717, 1.165) is 10.0 Å². The monoisotopic (exact) mass is 392 g/mol. The molecule has 1 aromatic heterocycles. The Morgan fingerprint density at radius 1 is 1.22 bits per heavy atom. The van der Waals surface area contributed by atoms with Gasteiger partial charge in [0.1, 0.15) is 0 Å². The molecule has 0 N–H and O–H groups in total. The van der Waals surface area contributed by atoms with Crippen LogP contribution in [0.3, 0.4) is 0 Å². The van der Waals surface area contributed by atoms with Gasteiger partial charge in [0, 0.05) is 10.0 Å². The van der Waals surface area contributed by atoms with Crippen LogP contribution in [-0.2, 0) is 11.3 Å². The number of hydrogen-bond donors (Lipinski definition) is 0. The molecule has 3 aromatic rings. The molecule has 0 saturated carbocycles. The van der Waals surface area contributed by atoms with Gasteiger partial charge in [0.05, 0.1) is 10.6 Å². The smallest absolute Gasteiger partial charge is 0.340 e. The second-order valence-corrected chi connectivity index (χ2v) is 5.90. The summed E-state index contributed by atoms with van der Waals surface area (Å²) >= 11 is 9.27. The van der Waals surface area contributed by atoms with Gasteiger partial charge in [-0.3, -0.25) is 0 Å². The molecule has 0 atom stereocenters. The van der Waals surface area contributed by atoms with Crippen molar-refractivity contribution in [1.82, 2.24) is 10.1 Å². The van der Waals surface area contributed by atoms with Gasteiger partial charge in [0.2, 0.25) is 5.82 Å². The molecule has 0 bridgehead atoms. The van der Waals surface area contributed by atoms with E-state index in [1.54, 1.807) is 18.2 Å². The van der Waals surface area contributed by atoms with E-state index in [9.17, 15) is 4.79 Å². The quantitative estimate of drug-likeness (QED) is 0.610. The molecule has 7 heteroatoms. The maximum Gasteiger partial charge on any atom is 0.340 e. The fraction of sp³-hybridized carbons (Fsp3) is 0.0625. The molecule has 116 valence electrons. The molecule has 3 rings (SSSR count). The molecule has 0 saturated heterocycles. The second kappa shape index (κ2) is 6.93. The molecule has 1 heterocycles. The molecule has 0 aliphatic carbocycles. The number of aromatic nitrogens is 2. The Labute approximate surface area is 145 Å². The lowest BCUT2D eigenvalue weighted by atomic mass is 10.2. The molecule has 0 aliphatic rings. The van der Waals surface area contributed by atoms with E-state index in [2.05, 4.69) is 26.1 Å². The van der Waals surface area contributed by atoms with Crippen molar-refractivity contribution in [3.05, 3.63) is 69.5 Å². The standard InChI is InChI=1S/C16H10BrClN2O3/c17-11-6-7-13(18)12(8-11)16(21)22-9-14-19-15(20-23-14)10-4-2-1-3-5-10/h1-8H,9H2. The van der Waals surface area contributed by atoms with Gasteiger partial charge in [-0.15, -0.1) is 0 Å². The summed E-state index contributed by atoms with van der Waals surface area (Å²) in [4.78, 5) is 16.2. The molecule has 2 aromatic carbocycles. The lowest BCUT2D eigenvalue weighted by Crippen LogP contribution is -2.06. The summed E-state index contributed by atoms with van der Waals surface area (Å²) in [7, 11) is 0. The van der Waals surface area contributed by atoms with Crippen molar-refractivity contribution in [3.8, 4) is 11.4 Å². The van der Waals surface area contributed by atoms with Crippen LogP contribution in [0, 0.1) is 0 Å². The zero-order valence-corrected chi connectivity index (χ0v) is 14.0. The van der Waals surface area contributed by atoms with Crippen LogP contribution in [0.25, 0.3) is 11.4 Å². The van der Waals surface area contributed by atoms with E-state index < -0.39 is 5.97 Å². The average Bonchev–Trinajstić information content (AvgIpc) is 3.05. The first-order chi connectivity index (χ1) is 11.1. The van der Waals surface area contributed by atoms with Crippen molar-refractivity contribution < 1.29 is 14.1 Å². The van der Waals surface area contributed by atoms with Crippen molar-refractivity contribution in [2.45, 2.75) is 6.61 Å². The first kappa shape index (κ1) is 15.7. The number of nitrogens with zero attached hydrogens (tertiary/aromatic N) is 2. The first-order valence-electron chi connectivity index (χ1n) is 6.63. The summed E-state index contributed by atoms with van der Waals surface area (Å²) < 4.78 is 11.0. The normalized spacial score (nSPS) is 10.5. The minimum absolute atomic E-state index is 0.124. The second-order valence-electron chi connectivity index (χ2n) is 4.58. The SMILES string of the molecule is O=C(OCc1nc(-c2ccccc2)no1)c1cc(Br)ccc1Cl. The fourth-order valence-electron chi connectivity index (χ4n) is 1.88. The van der Waals surface area contributed by atoms with Crippen molar-refractivity contribution in [1.29, 1.82) is 0 Å². The van der Waals surface area contributed by atoms with E-state index in [4.69, 9.17) is 20.9 Å². The van der Waals surface area contributed by atoms with Crippen LogP contribution in [0.4, 0.5) is 0 Å². The Bertz CT molecular complexity index is 836. The van der Waals surface area contributed by atoms with Crippen LogP contribution in [0.5, 0.6) is 0 Å². The van der Waals surface area contributed by atoms with Crippen LogP contribution in [0.15, 0.2) is 57.5 Å². The maximum atomic E-state index is 12.1. The number of carbonyl (C=O) groups is 1. The molecule has 5 nitrogen and oxygen atoms in total. The van der Waals surface area contributed by atoms with Gasteiger partial charge in [-0.05, 0) is 18.2 Å². The maximum absolute atomic E-state index is 12.1. The zero-order valence-electron chi connectivity index (χ0n) is 11.7. The van der Waals surface area contributed by atoms with Crippen LogP contribution >= 0.6 is 27.5 Å². The summed E-state index contributed by atoms with van der Waals surface area (Å²) in [5.41, 5.74) is 1.09. The highest BCUT2D eigenvalue weighted by atomic mass is 79.9. The van der Waals surface area contributed by atoms with Gasteiger partial charge in [0.25, 0.3) is 5.89 Å². The summed E-state index contributed by atoms with van der Waals surface area (Å²) in [5, 5.41) is 4.17. The van der Waals surface area contributed by atoms with Gasteiger partial charge < -0.3 is 9.26 Å². The summed E-state index contributed by atoms with van der Waals surface area (Å²) in [6, 6.07) is 14.3. The largest absolute Gasteiger partial charge is 0.452 e. The van der Waals surface area contributed by atoms with Crippen LogP contribution in [0.1, 0.15) is 16.2 Å². The third-order valence-corrected chi connectivity index (χ3v) is 3.80. The average molecular weight is 394 g/mol. The number of carbonyl (C=O) groups excluding carboxylic acids is 1. The Hall–Kier alpha value is -2.18. The van der Waals surface area contributed by atoms with Crippen LogP contribution in [0.2, 0.25) is 5.02 Å². The number of esters is 1. The predicted molar refractivity (Wildman–Crippen MR) is 88.0 cm³/mol. The Morgan fingerprint density at radius 3 is 2.78 bits per heavy atom. The number of hydrogen-bond acceptors (Lipinski definition) is 5. The highest BCUT2D eigenvalue weighted by Crippen LogP contribution is 2.22. The van der Waals surface area contributed by atoms with Crippen molar-refractivity contribution in [3.63, 3.8) is 0 Å². The minimum Gasteiger partial charge on any atom is -0.452 e. The van der Waals surface area contributed by atoms with Crippen LogP contribution in [-0.4, -0.2) is 16.1 Å². The van der Waals surface area contributed by atoms with Crippen LogP contribution < -0.4 is 0 Å². The molecule has 0 spiro atoms. The van der Waals surface area contributed by atoms with Crippen molar-refractivity contribution >= 4 is 33.5 Å². The van der Waals surface area contributed by atoms with Crippen molar-refractivity contribution in [2.24, 2.45) is 0 Å². The third-order valence-electron chi connectivity index (χ3n) is 2.98. The number of ether oxygens (including phenoxy) is 1. The van der Waals surface area contributed by atoms with Gasteiger partial charge in [-0.1, -0.05) is 63.0 Å². The summed E-state index contributed by atoms with van der Waals surface area (Å²) in [5.74, 6) is 0.0937. The lowest BCUT2D eigenvalue weighted by molar-refractivity contribution is 0.0430. The molecular weight excluding hydrogens is 384 g/mol. The van der Waals surface area contributed by atoms with Crippen molar-refractivity contribution in [2.75, 3.05) is 0 Å². The minimum atomic E-state index is -0.559. The molecule has 23 heavy (non-hydrogen) atoms. The third kappa shape index (κ3) is 3.78. The van der Waals surface area contributed by atoms with Gasteiger partial charge >= 0.3 is 5.97 Å². The van der Waals surface area contributed by atoms with Gasteiger partial charge in [-0.2, -0.15) is 4.98 Å². The summed E-state index contributed by atoms with van der Waals surface area (Å²) in [6.07, 6.45) is 0. The highest BCUT2D eigenvalue weighted by Gasteiger charge is 2.15. The number of rotatable bonds is 4. The number of benzene rings is 2. The van der Waals surface area contributed by atoms with E-state index in [0.29, 0.717) is 10.8 Å². The fourth-order valence-corrected chi connectivity index (χ4v) is 2.43. The Balaban J connectivity index is 1.68. The van der Waals surface area contributed by atoms with E-state index in [1.807, 2.05) is 30.3 Å². The molecule has 0 amide bonds. The van der Waals surface area contributed by atoms with E-state index >= 15 is 0 Å². The topological polar surface area (TPSA) is 65.2 Å². The predicted octanol–water partition coefficient (Wildman–Crippen LogP) is 4.51. The summed E-state index contributed by atoms with van der Waals surface area (Å²) in [6.45, 7) is -0.124. The van der Waals surface area contributed by atoms with E-state index in [-0.39, 0.29) is 18.1 Å². The molecule has 0 fully saturated rings. The van der Waals surface area contributed by atoms with Gasteiger partial charge in [-0.25, -0.2) is 4.79 Å². The molecule has 0 aliphatic heterocycles. The Kier molecular flexibility index (Phi) is 4.73. The first-order valence-corrected chi connectivity index (χ1v) is 7.81. The zero-order chi connectivity index (χ0) is 16.2. The number of halogens is 2. The highest BCUT2D eigenvalue weighted by molar-refractivity contribution is 9.10. The van der Waals surface area contributed by atoms with E-state index in [1.165, 1.54) is 0 Å². The molecular formula is C16H10BrClN2O3. The molecule has 0 unspecified atom stereocenters.